The molecule has 0 aliphatic rings. The van der Waals surface area contributed by atoms with Crippen LogP contribution in [0.3, 0.4) is 0 Å². The molecule has 18 heavy (non-hydrogen) atoms. The lowest BCUT2D eigenvalue weighted by atomic mass is 10.1. The van der Waals surface area contributed by atoms with Gasteiger partial charge < -0.3 is 17.3 Å². The van der Waals surface area contributed by atoms with Crippen molar-refractivity contribution in [3.63, 3.8) is 0 Å². The van der Waals surface area contributed by atoms with Crippen molar-refractivity contribution in [2.75, 3.05) is 13.6 Å². The molecule has 0 bridgehead atoms. The number of hydrogen-bond acceptors (Lipinski definition) is 0. The fourth-order valence-corrected chi connectivity index (χ4v) is 2.73. The van der Waals surface area contributed by atoms with Crippen LogP contribution in [0.1, 0.15) is 85.0 Å². The zero-order valence-electron chi connectivity index (χ0n) is 13.2. The normalized spacial score (nSPS) is 12.5. The molecular weight excluding hydrogens is 242 g/mol. The van der Waals surface area contributed by atoms with Crippen LogP contribution in [0.5, 0.6) is 0 Å². The Kier molecular flexibility index (Phi) is 17.5. The summed E-state index contributed by atoms with van der Waals surface area (Å²) in [7, 11) is 2.37. The van der Waals surface area contributed by atoms with E-state index < -0.39 is 0 Å². The third-order valence-electron chi connectivity index (χ3n) is 4.11. The summed E-state index contributed by atoms with van der Waals surface area (Å²) < 4.78 is 0. The van der Waals surface area contributed by atoms with Gasteiger partial charge in [-0.1, -0.05) is 59.3 Å². The summed E-state index contributed by atoms with van der Waals surface area (Å²) in [6.07, 6.45) is 14.2. The molecule has 0 aromatic rings. The Bertz CT molecular complexity index is 146. The monoisotopic (exact) mass is 277 g/mol. The molecule has 112 valence electrons. The molecule has 1 N–H and O–H groups in total. The van der Waals surface area contributed by atoms with E-state index in [2.05, 4.69) is 27.8 Å². The van der Waals surface area contributed by atoms with Crippen molar-refractivity contribution < 1.29 is 17.3 Å². The molecule has 1 nitrogen and oxygen atoms in total. The number of quaternary nitrogens is 1. The Labute approximate surface area is 122 Å². The Morgan fingerprint density at radius 1 is 0.722 bits per heavy atom. The molecule has 0 aromatic carbocycles. The van der Waals surface area contributed by atoms with Crippen LogP contribution in [0.15, 0.2) is 0 Å². The summed E-state index contributed by atoms with van der Waals surface area (Å²) in [5.74, 6) is 0. The molecule has 0 aliphatic heterocycles. The predicted molar refractivity (Wildman–Crippen MR) is 78.7 cm³/mol. The lowest BCUT2D eigenvalue weighted by Gasteiger charge is -2.22. The molecular formula is C16H36ClN. The highest BCUT2D eigenvalue weighted by Gasteiger charge is 2.12. The van der Waals surface area contributed by atoms with E-state index in [0.29, 0.717) is 0 Å². The summed E-state index contributed by atoms with van der Waals surface area (Å²) in [6.45, 7) is 8.31. The summed E-state index contributed by atoms with van der Waals surface area (Å²) in [5, 5.41) is 0. The van der Waals surface area contributed by atoms with E-state index in [1.165, 1.54) is 70.8 Å². The highest BCUT2D eigenvalue weighted by Crippen LogP contribution is 2.07. The number of halogens is 1. The standard InChI is InChI=1S/C16H35N.ClH/c1-5-8-9-10-11-12-13-14-15-17(4)16(6-2)7-3;/h16H,5-15H2,1-4H3;1H. The van der Waals surface area contributed by atoms with E-state index in [1.807, 2.05) is 0 Å². The summed E-state index contributed by atoms with van der Waals surface area (Å²) in [5.41, 5.74) is 0. The second-order valence-corrected chi connectivity index (χ2v) is 5.58. The smallest absolute Gasteiger partial charge is 0.0867 e. The van der Waals surface area contributed by atoms with Gasteiger partial charge in [-0.3, -0.25) is 0 Å². The first-order valence-electron chi connectivity index (χ1n) is 8.08. The second kappa shape index (κ2) is 15.3. The Morgan fingerprint density at radius 2 is 1.17 bits per heavy atom. The van der Waals surface area contributed by atoms with Gasteiger partial charge in [0.25, 0.3) is 0 Å². The largest absolute Gasteiger partial charge is 1.00 e. The van der Waals surface area contributed by atoms with Crippen molar-refractivity contribution >= 4 is 0 Å². The molecule has 0 radical (unpaired) electrons. The van der Waals surface area contributed by atoms with E-state index in [0.717, 1.165) is 6.04 Å². The van der Waals surface area contributed by atoms with Crippen LogP contribution in [-0.4, -0.2) is 19.6 Å². The lowest BCUT2D eigenvalue weighted by molar-refractivity contribution is -0.906. The van der Waals surface area contributed by atoms with Crippen molar-refractivity contribution in [1.82, 2.24) is 0 Å². The van der Waals surface area contributed by atoms with Gasteiger partial charge in [0.1, 0.15) is 0 Å². The molecule has 0 aliphatic carbocycles. The number of rotatable bonds is 12. The fourth-order valence-electron chi connectivity index (χ4n) is 2.73. The Balaban J connectivity index is 0. The minimum Gasteiger partial charge on any atom is -1.00 e. The van der Waals surface area contributed by atoms with Crippen molar-refractivity contribution in [1.29, 1.82) is 0 Å². The van der Waals surface area contributed by atoms with Crippen molar-refractivity contribution in [2.45, 2.75) is 91.0 Å². The number of nitrogens with one attached hydrogen (secondary N) is 1. The third kappa shape index (κ3) is 11.3. The molecule has 0 saturated carbocycles. The maximum atomic E-state index is 2.37. The van der Waals surface area contributed by atoms with Crippen molar-refractivity contribution in [3.8, 4) is 0 Å². The summed E-state index contributed by atoms with van der Waals surface area (Å²) in [4.78, 5) is 1.75. The molecule has 0 saturated heterocycles. The van der Waals surface area contributed by atoms with Gasteiger partial charge in [-0.25, -0.2) is 0 Å². The van der Waals surface area contributed by atoms with Crippen LogP contribution in [-0.2, 0) is 0 Å². The Morgan fingerprint density at radius 3 is 1.61 bits per heavy atom. The maximum Gasteiger partial charge on any atom is 0.0867 e. The fraction of sp³-hybridized carbons (Fsp3) is 1.00. The van der Waals surface area contributed by atoms with E-state index in [1.54, 1.807) is 4.90 Å². The van der Waals surface area contributed by atoms with Gasteiger partial charge >= 0.3 is 0 Å². The highest BCUT2D eigenvalue weighted by atomic mass is 35.5. The third-order valence-corrected chi connectivity index (χ3v) is 4.11. The average Bonchev–Trinajstić information content (AvgIpc) is 2.34. The lowest BCUT2D eigenvalue weighted by Crippen LogP contribution is -3.12. The van der Waals surface area contributed by atoms with Crippen LogP contribution in [0.25, 0.3) is 0 Å². The molecule has 0 fully saturated rings. The van der Waals surface area contributed by atoms with E-state index in [-0.39, 0.29) is 12.4 Å². The maximum absolute atomic E-state index is 2.37. The molecule has 0 aromatic heterocycles. The van der Waals surface area contributed by atoms with Crippen LogP contribution < -0.4 is 17.3 Å². The molecule has 0 heterocycles. The van der Waals surface area contributed by atoms with Gasteiger partial charge in [-0.2, -0.15) is 0 Å². The molecule has 2 heteroatoms. The summed E-state index contributed by atoms with van der Waals surface area (Å²) >= 11 is 0. The van der Waals surface area contributed by atoms with Gasteiger partial charge in [0.05, 0.1) is 19.6 Å². The summed E-state index contributed by atoms with van der Waals surface area (Å²) in [6, 6.07) is 0.888. The van der Waals surface area contributed by atoms with Crippen LogP contribution in [0, 0.1) is 0 Å². The Hall–Kier alpha value is 0.250. The zero-order valence-corrected chi connectivity index (χ0v) is 14.0. The topological polar surface area (TPSA) is 4.44 Å². The number of unbranched alkanes of at least 4 members (excludes halogenated alkanes) is 7. The predicted octanol–water partition coefficient (Wildman–Crippen LogP) is 0.834. The van der Waals surface area contributed by atoms with Crippen molar-refractivity contribution in [3.05, 3.63) is 0 Å². The molecule has 0 amide bonds. The SMILES string of the molecule is CCCCCCCCCC[NH+](C)C(CC)CC.[Cl-]. The minimum absolute atomic E-state index is 0. The van der Waals surface area contributed by atoms with E-state index >= 15 is 0 Å². The van der Waals surface area contributed by atoms with Gasteiger partial charge in [-0.15, -0.1) is 0 Å². The van der Waals surface area contributed by atoms with Crippen molar-refractivity contribution in [2.24, 2.45) is 0 Å². The molecule has 0 spiro atoms. The first kappa shape index (κ1) is 20.6. The first-order valence-corrected chi connectivity index (χ1v) is 8.08. The van der Waals surface area contributed by atoms with Gasteiger partial charge in [0.15, 0.2) is 0 Å². The zero-order chi connectivity index (χ0) is 12.9. The van der Waals surface area contributed by atoms with Gasteiger partial charge in [0, 0.05) is 0 Å². The molecule has 0 rings (SSSR count). The first-order chi connectivity index (χ1) is 8.26. The van der Waals surface area contributed by atoms with Crippen LogP contribution in [0.2, 0.25) is 0 Å². The van der Waals surface area contributed by atoms with Crippen LogP contribution in [0.4, 0.5) is 0 Å². The van der Waals surface area contributed by atoms with Gasteiger partial charge in [0.2, 0.25) is 0 Å². The minimum atomic E-state index is 0. The van der Waals surface area contributed by atoms with E-state index in [9.17, 15) is 0 Å². The molecule has 1 unspecified atom stereocenters. The second-order valence-electron chi connectivity index (χ2n) is 5.58. The number of hydrogen-bond donors (Lipinski definition) is 1. The average molecular weight is 278 g/mol. The van der Waals surface area contributed by atoms with Crippen LogP contribution >= 0.6 is 0 Å². The van der Waals surface area contributed by atoms with Gasteiger partial charge in [-0.05, 0) is 25.7 Å². The van der Waals surface area contributed by atoms with E-state index in [4.69, 9.17) is 0 Å². The molecule has 1 atom stereocenters. The highest BCUT2D eigenvalue weighted by molar-refractivity contribution is 4.49. The quantitative estimate of drug-likeness (QED) is 0.504.